The number of rotatable bonds is 0. The molecule has 0 unspecified atom stereocenters. The van der Waals surface area contributed by atoms with Gasteiger partial charge in [-0.25, -0.2) is 0 Å². The van der Waals surface area contributed by atoms with Crippen molar-refractivity contribution in [2.24, 2.45) is 5.92 Å². The second kappa shape index (κ2) is 4.78. The van der Waals surface area contributed by atoms with Gasteiger partial charge >= 0.3 is 0 Å². The summed E-state index contributed by atoms with van der Waals surface area (Å²) in [6.07, 6.45) is 8.06. The lowest BCUT2D eigenvalue weighted by Crippen LogP contribution is -2.31. The first kappa shape index (κ1) is 13.2. The van der Waals surface area contributed by atoms with Crippen LogP contribution in [0.15, 0.2) is 0 Å². The van der Waals surface area contributed by atoms with Gasteiger partial charge in [-0.15, -0.1) is 5.54 Å². The minimum atomic E-state index is -1.26. The zero-order chi connectivity index (χ0) is 12.5. The van der Waals surface area contributed by atoms with Crippen LogP contribution in [-0.4, -0.2) is 19.8 Å². The summed E-state index contributed by atoms with van der Waals surface area (Å²) >= 11 is 0. The predicted octanol–water partition coefficient (Wildman–Crippen LogP) is 4.00. The highest BCUT2D eigenvalue weighted by Crippen LogP contribution is 2.44. The third kappa shape index (κ3) is 3.36. The van der Waals surface area contributed by atoms with Crippen LogP contribution in [0.5, 0.6) is 0 Å². The third-order valence-electron chi connectivity index (χ3n) is 3.94. The molecule has 0 bridgehead atoms. The highest BCUT2D eigenvalue weighted by atomic mass is 28.3. The minimum Gasteiger partial charge on any atom is -0.359 e. The minimum absolute atomic E-state index is 0.205. The molecule has 0 radical (unpaired) electrons. The molecule has 2 aliphatic rings. The standard InChI is InChI=1S/C15H26OSi/c1-13-12-15(9-6-5-7-10-15)16-14(13)8-11-17(2,3)4/h13-14H,5-7,9-10,12H2,1-4H3/t13-,14-/m1/s1. The normalized spacial score (nSPS) is 32.2. The Kier molecular flexibility index (Phi) is 3.71. The lowest BCUT2D eigenvalue weighted by Gasteiger charge is -2.32. The average Bonchev–Trinajstić information content (AvgIpc) is 2.52. The molecule has 2 atom stereocenters. The van der Waals surface area contributed by atoms with E-state index in [1.165, 1.54) is 38.5 Å². The van der Waals surface area contributed by atoms with Crippen molar-refractivity contribution in [2.75, 3.05) is 0 Å². The molecule has 0 aromatic rings. The van der Waals surface area contributed by atoms with Crippen molar-refractivity contribution in [3.05, 3.63) is 0 Å². The molecule has 17 heavy (non-hydrogen) atoms. The van der Waals surface area contributed by atoms with Gasteiger partial charge in [-0.05, 0) is 25.2 Å². The molecule has 1 heterocycles. The lowest BCUT2D eigenvalue weighted by atomic mass is 9.81. The summed E-state index contributed by atoms with van der Waals surface area (Å²) in [6, 6.07) is 0. The van der Waals surface area contributed by atoms with Gasteiger partial charge in [0.1, 0.15) is 14.2 Å². The number of hydrogen-bond acceptors (Lipinski definition) is 1. The second-order valence-electron chi connectivity index (χ2n) is 6.98. The molecule has 1 spiro atoms. The summed E-state index contributed by atoms with van der Waals surface area (Å²) in [5.41, 5.74) is 3.68. The van der Waals surface area contributed by atoms with E-state index >= 15 is 0 Å². The molecule has 0 amide bonds. The van der Waals surface area contributed by atoms with Crippen molar-refractivity contribution in [1.29, 1.82) is 0 Å². The smallest absolute Gasteiger partial charge is 0.129 e. The molecular weight excluding hydrogens is 224 g/mol. The van der Waals surface area contributed by atoms with E-state index < -0.39 is 8.07 Å². The largest absolute Gasteiger partial charge is 0.359 e. The van der Waals surface area contributed by atoms with Crippen LogP contribution in [-0.2, 0) is 4.74 Å². The van der Waals surface area contributed by atoms with Gasteiger partial charge < -0.3 is 4.74 Å². The molecule has 2 heteroatoms. The number of ether oxygens (including phenoxy) is 1. The van der Waals surface area contributed by atoms with Gasteiger partial charge in [-0.1, -0.05) is 51.7 Å². The van der Waals surface area contributed by atoms with Gasteiger partial charge in [0.2, 0.25) is 0 Å². The Bertz CT molecular complexity index is 325. The van der Waals surface area contributed by atoms with Crippen LogP contribution in [0.1, 0.15) is 45.4 Å². The van der Waals surface area contributed by atoms with E-state index in [9.17, 15) is 0 Å². The molecule has 96 valence electrons. The zero-order valence-corrected chi connectivity index (χ0v) is 12.8. The molecular formula is C15H26OSi. The Labute approximate surface area is 107 Å². The van der Waals surface area contributed by atoms with E-state index in [-0.39, 0.29) is 11.7 Å². The Morgan fingerprint density at radius 2 is 1.76 bits per heavy atom. The monoisotopic (exact) mass is 250 g/mol. The van der Waals surface area contributed by atoms with Crippen LogP contribution in [0, 0.1) is 17.4 Å². The van der Waals surface area contributed by atoms with Gasteiger partial charge in [-0.2, -0.15) is 0 Å². The zero-order valence-electron chi connectivity index (χ0n) is 11.8. The van der Waals surface area contributed by atoms with Crippen LogP contribution in [0.25, 0.3) is 0 Å². The molecule has 1 aliphatic carbocycles. The van der Waals surface area contributed by atoms with E-state index in [1.807, 2.05) is 0 Å². The molecule has 0 aromatic carbocycles. The fourth-order valence-corrected chi connectivity index (χ4v) is 3.68. The lowest BCUT2D eigenvalue weighted by molar-refractivity contribution is -0.0466. The highest BCUT2D eigenvalue weighted by Gasteiger charge is 2.44. The van der Waals surface area contributed by atoms with Crippen LogP contribution in [0.4, 0.5) is 0 Å². The average molecular weight is 250 g/mol. The summed E-state index contributed by atoms with van der Waals surface area (Å²) in [5, 5.41) is 0. The van der Waals surface area contributed by atoms with Crippen LogP contribution < -0.4 is 0 Å². The Morgan fingerprint density at radius 1 is 1.12 bits per heavy atom. The molecule has 1 nitrogen and oxygen atoms in total. The van der Waals surface area contributed by atoms with E-state index in [0.29, 0.717) is 5.92 Å². The first-order valence-electron chi connectivity index (χ1n) is 7.11. The quantitative estimate of drug-likeness (QED) is 0.466. The summed E-state index contributed by atoms with van der Waals surface area (Å²) < 4.78 is 6.35. The van der Waals surface area contributed by atoms with Crippen molar-refractivity contribution in [3.63, 3.8) is 0 Å². The topological polar surface area (TPSA) is 9.23 Å². The molecule has 0 N–H and O–H groups in total. The fourth-order valence-electron chi connectivity index (χ4n) is 3.10. The van der Waals surface area contributed by atoms with E-state index in [2.05, 4.69) is 38.0 Å². The van der Waals surface area contributed by atoms with Gasteiger partial charge in [-0.3, -0.25) is 0 Å². The maximum atomic E-state index is 6.35. The van der Waals surface area contributed by atoms with Crippen molar-refractivity contribution >= 4 is 8.07 Å². The molecule has 2 fully saturated rings. The molecule has 1 saturated carbocycles. The Balaban J connectivity index is 2.03. The SMILES string of the molecule is C[C@@H]1CC2(CCCCC2)O[C@@H]1C#C[Si](C)(C)C. The summed E-state index contributed by atoms with van der Waals surface area (Å²) in [4.78, 5) is 0. The highest BCUT2D eigenvalue weighted by molar-refractivity contribution is 6.83. The van der Waals surface area contributed by atoms with Crippen LogP contribution in [0.3, 0.4) is 0 Å². The molecule has 0 aromatic heterocycles. The first-order chi connectivity index (χ1) is 7.90. The van der Waals surface area contributed by atoms with Crippen molar-refractivity contribution in [2.45, 2.75) is 76.8 Å². The van der Waals surface area contributed by atoms with Crippen LogP contribution in [0.2, 0.25) is 19.6 Å². The van der Waals surface area contributed by atoms with Gasteiger partial charge in [0.25, 0.3) is 0 Å². The van der Waals surface area contributed by atoms with E-state index in [4.69, 9.17) is 4.74 Å². The number of hydrogen-bond donors (Lipinski definition) is 0. The predicted molar refractivity (Wildman–Crippen MR) is 75.6 cm³/mol. The Hall–Kier alpha value is -0.263. The Morgan fingerprint density at radius 3 is 2.35 bits per heavy atom. The third-order valence-corrected chi connectivity index (χ3v) is 4.84. The maximum Gasteiger partial charge on any atom is 0.129 e. The van der Waals surface area contributed by atoms with Gasteiger partial charge in [0.05, 0.1) is 5.60 Å². The van der Waals surface area contributed by atoms with Gasteiger partial charge in [0, 0.05) is 0 Å². The maximum absolute atomic E-state index is 6.35. The summed E-state index contributed by atoms with van der Waals surface area (Å²) in [5.74, 6) is 4.05. The first-order valence-corrected chi connectivity index (χ1v) is 10.6. The molecule has 2 rings (SSSR count). The van der Waals surface area contributed by atoms with Crippen LogP contribution >= 0.6 is 0 Å². The van der Waals surface area contributed by atoms with Crippen molar-refractivity contribution in [3.8, 4) is 11.5 Å². The van der Waals surface area contributed by atoms with Crippen molar-refractivity contribution < 1.29 is 4.74 Å². The van der Waals surface area contributed by atoms with E-state index in [1.54, 1.807) is 0 Å². The summed E-state index contributed by atoms with van der Waals surface area (Å²) in [6.45, 7) is 9.22. The second-order valence-corrected chi connectivity index (χ2v) is 11.7. The molecule has 1 saturated heterocycles. The van der Waals surface area contributed by atoms with Gasteiger partial charge in [0.15, 0.2) is 0 Å². The van der Waals surface area contributed by atoms with E-state index in [0.717, 1.165) is 0 Å². The van der Waals surface area contributed by atoms with Crippen molar-refractivity contribution in [1.82, 2.24) is 0 Å². The fraction of sp³-hybridized carbons (Fsp3) is 0.867. The molecule has 1 aliphatic heterocycles. The summed E-state index contributed by atoms with van der Waals surface area (Å²) in [7, 11) is -1.26.